The molecule has 1 aromatic rings. The van der Waals surface area contributed by atoms with E-state index >= 15 is 0 Å². The Kier molecular flexibility index (Phi) is 4.29. The quantitative estimate of drug-likeness (QED) is 0.250. The van der Waals surface area contributed by atoms with Gasteiger partial charge in [0.1, 0.15) is 6.33 Å². The zero-order valence-electron chi connectivity index (χ0n) is 5.89. The summed E-state index contributed by atoms with van der Waals surface area (Å²) in [6.45, 7) is 0. The van der Waals surface area contributed by atoms with E-state index < -0.39 is 0 Å². The molecule has 0 aliphatic heterocycles. The van der Waals surface area contributed by atoms with Crippen molar-refractivity contribution in [2.75, 3.05) is 0 Å². The molecule has 0 amide bonds. The minimum atomic E-state index is 0. The summed E-state index contributed by atoms with van der Waals surface area (Å²) >= 11 is 0. The van der Waals surface area contributed by atoms with Crippen molar-refractivity contribution in [3.63, 3.8) is 0 Å². The first kappa shape index (κ1) is 8.61. The van der Waals surface area contributed by atoms with Gasteiger partial charge in [-0.2, -0.15) is 0 Å². The van der Waals surface area contributed by atoms with E-state index in [1.54, 1.807) is 0 Å². The Morgan fingerprint density at radius 3 is 3.00 bits per heavy atom. The Hall–Kier alpha value is -0.390. The number of imidazole rings is 1. The van der Waals surface area contributed by atoms with Gasteiger partial charge in [0.2, 0.25) is 0 Å². The van der Waals surface area contributed by atoms with Crippen molar-refractivity contribution in [1.82, 2.24) is 9.71 Å². The maximum atomic E-state index is 9.35. The van der Waals surface area contributed by atoms with Crippen LogP contribution in [0.1, 0.15) is 1.43 Å². The van der Waals surface area contributed by atoms with Gasteiger partial charge in [0.15, 0.2) is 5.34 Å². The molecule has 0 aliphatic carbocycles. The van der Waals surface area contributed by atoms with E-state index in [4.69, 9.17) is 0 Å². The van der Waals surface area contributed by atoms with Crippen molar-refractivity contribution in [2.24, 2.45) is 5.34 Å². The van der Waals surface area contributed by atoms with Crippen molar-refractivity contribution < 1.29 is 35.9 Å². The minimum absolute atomic E-state index is 0. The third kappa shape index (κ3) is 2.59. The largest absolute Gasteiger partial charge is 1.00 e. The zero-order chi connectivity index (χ0) is 5.82. The van der Waals surface area contributed by atoms with Crippen LogP contribution in [0.2, 0.25) is 0 Å². The van der Waals surface area contributed by atoms with Crippen LogP contribution in [0.4, 0.5) is 0 Å². The maximum absolute atomic E-state index is 9.35. The van der Waals surface area contributed by atoms with Crippen LogP contribution in [0, 0.1) is 4.91 Å². The van der Waals surface area contributed by atoms with Crippen molar-refractivity contribution in [2.45, 2.75) is 0 Å². The van der Waals surface area contributed by atoms with Crippen LogP contribution in [0.25, 0.3) is 0 Å². The first-order valence-electron chi connectivity index (χ1n) is 1.91. The number of hydrogen-bond donors (Lipinski definition) is 0. The van der Waals surface area contributed by atoms with Gasteiger partial charge in [0.25, 0.3) is 0 Å². The summed E-state index contributed by atoms with van der Waals surface area (Å²) in [5.41, 5.74) is 0. The molecule has 0 saturated heterocycles. The number of hydrogen-bond acceptors (Lipinski definition) is 4. The van der Waals surface area contributed by atoms with Gasteiger partial charge in [0.05, 0.1) is 6.20 Å². The second-order valence-corrected chi connectivity index (χ2v) is 1.08. The summed E-state index contributed by atoms with van der Waals surface area (Å²) < 4.78 is 1.09. The summed E-state index contributed by atoms with van der Waals surface area (Å²) in [4.78, 5) is 17.0. The molecular weight excluding hydrogens is 133 g/mol. The third-order valence-corrected chi connectivity index (χ3v) is 0.608. The first-order chi connectivity index (χ1) is 3.93. The predicted molar refractivity (Wildman–Crippen MR) is 25.7 cm³/mol. The molecule has 0 N–H and O–H groups in total. The molecule has 0 unspecified atom stereocenters. The standard InChI is InChI=1S/C3H3N3O2.Na.H/c7-5-8-6-2-1-4-3-6;;/h1-3H;;/q;+1;-1. The third-order valence-electron chi connectivity index (χ3n) is 0.608. The second kappa shape index (κ2) is 4.49. The molecule has 0 aliphatic rings. The molecule has 1 rings (SSSR count). The van der Waals surface area contributed by atoms with Gasteiger partial charge in [-0.05, 0) is 0 Å². The summed E-state index contributed by atoms with van der Waals surface area (Å²) in [6.07, 6.45) is 4.26. The van der Waals surface area contributed by atoms with Gasteiger partial charge in [-0.25, -0.2) is 9.92 Å². The molecule has 0 bridgehead atoms. The molecule has 44 valence electrons. The van der Waals surface area contributed by atoms with E-state index in [1.165, 1.54) is 18.7 Å². The summed E-state index contributed by atoms with van der Waals surface area (Å²) in [5.74, 6) is 0. The molecule has 1 aromatic heterocycles. The predicted octanol–water partition coefficient (Wildman–Crippen LogP) is -2.89. The summed E-state index contributed by atoms with van der Waals surface area (Å²) in [5, 5.41) is 2.15. The van der Waals surface area contributed by atoms with Crippen LogP contribution < -0.4 is 34.5 Å². The fourth-order valence-electron chi connectivity index (χ4n) is 0.334. The average Bonchev–Trinajstić information content (AvgIpc) is 2.19. The molecular formula is C3H4N3NaO2. The van der Waals surface area contributed by atoms with Gasteiger partial charge in [-0.1, -0.05) is 0 Å². The van der Waals surface area contributed by atoms with Crippen molar-refractivity contribution >= 4 is 0 Å². The van der Waals surface area contributed by atoms with Crippen LogP contribution in [0.5, 0.6) is 0 Å². The smallest absolute Gasteiger partial charge is 1.00 e. The zero-order valence-corrected chi connectivity index (χ0v) is 6.89. The van der Waals surface area contributed by atoms with E-state index in [9.17, 15) is 4.91 Å². The van der Waals surface area contributed by atoms with E-state index in [2.05, 4.69) is 15.3 Å². The fourth-order valence-corrected chi connectivity index (χ4v) is 0.334. The number of nitrogens with zero attached hydrogens (tertiary/aromatic N) is 3. The van der Waals surface area contributed by atoms with E-state index in [1.807, 2.05) is 0 Å². The van der Waals surface area contributed by atoms with E-state index in [0.29, 0.717) is 0 Å². The molecule has 9 heavy (non-hydrogen) atoms. The van der Waals surface area contributed by atoms with Crippen molar-refractivity contribution in [1.29, 1.82) is 0 Å². The topological polar surface area (TPSA) is 56.5 Å². The number of aromatic nitrogens is 2. The molecule has 0 aromatic carbocycles. The molecule has 0 atom stereocenters. The molecule has 5 nitrogen and oxygen atoms in total. The molecule has 1 heterocycles. The Balaban J connectivity index is 0. The van der Waals surface area contributed by atoms with Crippen LogP contribution in [-0.4, -0.2) is 9.71 Å². The van der Waals surface area contributed by atoms with Crippen LogP contribution in [0.15, 0.2) is 24.1 Å². The van der Waals surface area contributed by atoms with Gasteiger partial charge in [0, 0.05) is 6.20 Å². The monoisotopic (exact) mass is 137 g/mol. The van der Waals surface area contributed by atoms with Crippen LogP contribution >= 0.6 is 0 Å². The maximum Gasteiger partial charge on any atom is 1.00 e. The van der Waals surface area contributed by atoms with Crippen molar-refractivity contribution in [3.8, 4) is 0 Å². The van der Waals surface area contributed by atoms with Gasteiger partial charge in [-0.15, -0.1) is 9.64 Å². The SMILES string of the molecule is O=NOn1ccnc1.[H-].[Na+]. The molecule has 0 radical (unpaired) electrons. The minimum Gasteiger partial charge on any atom is -1.00 e. The summed E-state index contributed by atoms with van der Waals surface area (Å²) in [7, 11) is 0. The van der Waals surface area contributed by atoms with Crippen molar-refractivity contribution in [3.05, 3.63) is 23.6 Å². The number of rotatable bonds is 2. The Morgan fingerprint density at radius 1 is 1.78 bits per heavy atom. The van der Waals surface area contributed by atoms with Crippen LogP contribution in [0.3, 0.4) is 0 Å². The Morgan fingerprint density at radius 2 is 2.56 bits per heavy atom. The molecule has 0 saturated carbocycles. The van der Waals surface area contributed by atoms with Gasteiger partial charge < -0.3 is 1.43 Å². The van der Waals surface area contributed by atoms with Gasteiger partial charge >= 0.3 is 29.6 Å². The molecule has 6 heteroatoms. The van der Waals surface area contributed by atoms with Crippen LogP contribution in [-0.2, 0) is 0 Å². The average molecular weight is 137 g/mol. The first-order valence-corrected chi connectivity index (χ1v) is 1.91. The normalized spacial score (nSPS) is 7.56. The Labute approximate surface area is 74.7 Å². The molecule has 0 spiro atoms. The van der Waals surface area contributed by atoms with E-state index in [0.717, 1.165) is 4.73 Å². The second-order valence-electron chi connectivity index (χ2n) is 1.08. The fraction of sp³-hybridized carbons (Fsp3) is 0. The summed E-state index contributed by atoms with van der Waals surface area (Å²) in [6, 6.07) is 0. The molecule has 0 fully saturated rings. The van der Waals surface area contributed by atoms with E-state index in [-0.39, 0.29) is 31.0 Å². The Bertz CT molecular complexity index is 168. The van der Waals surface area contributed by atoms with Gasteiger partial charge in [-0.3, -0.25) is 0 Å².